The van der Waals surface area contributed by atoms with E-state index in [1.165, 1.54) is 6.54 Å². The molecule has 0 radical (unpaired) electrons. The first-order chi connectivity index (χ1) is 10.2. The average Bonchev–Trinajstić information content (AvgIpc) is 2.47. The summed E-state index contributed by atoms with van der Waals surface area (Å²) in [6.07, 6.45) is 0. The number of rotatable bonds is 5. The van der Waals surface area contributed by atoms with E-state index < -0.39 is 0 Å². The van der Waals surface area contributed by atoms with Gasteiger partial charge in [0.1, 0.15) is 6.07 Å². The topological polar surface area (TPSA) is 30.3 Å². The molecule has 21 heavy (non-hydrogen) atoms. The van der Waals surface area contributed by atoms with Crippen LogP contribution in [0.3, 0.4) is 0 Å². The van der Waals surface area contributed by atoms with Gasteiger partial charge in [0.2, 0.25) is 0 Å². The Hall–Kier alpha value is -1.18. The highest BCUT2D eigenvalue weighted by atomic mass is 32.2. The summed E-state index contributed by atoms with van der Waals surface area (Å²) >= 11 is 1.75. The highest BCUT2D eigenvalue weighted by Gasteiger charge is 2.20. The Morgan fingerprint density at radius 1 is 1.24 bits per heavy atom. The quantitative estimate of drug-likeness (QED) is 0.780. The minimum atomic E-state index is 0.718. The predicted molar refractivity (Wildman–Crippen MR) is 91.0 cm³/mol. The van der Waals surface area contributed by atoms with Gasteiger partial charge in [0.25, 0.3) is 0 Å². The molecule has 114 valence electrons. The molecule has 0 N–H and O–H groups in total. The second-order valence-electron chi connectivity index (χ2n) is 5.88. The van der Waals surface area contributed by atoms with Crippen LogP contribution in [0.4, 0.5) is 5.69 Å². The van der Waals surface area contributed by atoms with E-state index in [1.54, 1.807) is 11.8 Å². The fraction of sp³-hybridized carbons (Fsp3) is 0.588. The van der Waals surface area contributed by atoms with Crippen molar-refractivity contribution in [1.29, 1.82) is 5.26 Å². The number of nitriles is 1. The summed E-state index contributed by atoms with van der Waals surface area (Å²) in [7, 11) is 0. The molecular weight excluding hydrogens is 278 g/mol. The van der Waals surface area contributed by atoms with Crippen molar-refractivity contribution in [2.24, 2.45) is 5.92 Å². The van der Waals surface area contributed by atoms with Crippen LogP contribution in [0.5, 0.6) is 0 Å². The standard InChI is InChI=1S/C17H25N3S/c1-4-21-17-7-5-6-16(15(17)12-18)20-10-8-19(9-11-20)13-14(2)3/h5-7,14H,4,8-11,13H2,1-3H3. The van der Waals surface area contributed by atoms with E-state index in [1.807, 2.05) is 0 Å². The third-order valence-electron chi connectivity index (χ3n) is 3.75. The van der Waals surface area contributed by atoms with Gasteiger partial charge in [-0.15, -0.1) is 11.8 Å². The van der Waals surface area contributed by atoms with Crippen molar-refractivity contribution in [3.05, 3.63) is 23.8 Å². The van der Waals surface area contributed by atoms with E-state index >= 15 is 0 Å². The van der Waals surface area contributed by atoms with Crippen LogP contribution in [0, 0.1) is 17.2 Å². The van der Waals surface area contributed by atoms with Gasteiger partial charge < -0.3 is 4.90 Å². The normalized spacial score (nSPS) is 16.2. The van der Waals surface area contributed by atoms with Crippen molar-refractivity contribution in [2.75, 3.05) is 43.4 Å². The molecule has 0 aromatic heterocycles. The molecule has 0 amide bonds. The summed E-state index contributed by atoms with van der Waals surface area (Å²) in [5.74, 6) is 1.72. The van der Waals surface area contributed by atoms with Gasteiger partial charge in [0.05, 0.1) is 11.3 Å². The highest BCUT2D eigenvalue weighted by molar-refractivity contribution is 7.99. The maximum Gasteiger partial charge on any atom is 0.103 e. The minimum Gasteiger partial charge on any atom is -0.368 e. The molecule has 0 bridgehead atoms. The first-order valence-electron chi connectivity index (χ1n) is 7.79. The Kier molecular flexibility index (Phi) is 5.96. The Labute approximate surface area is 132 Å². The van der Waals surface area contributed by atoms with E-state index in [0.29, 0.717) is 0 Å². The molecule has 0 unspecified atom stereocenters. The lowest BCUT2D eigenvalue weighted by atomic mass is 10.1. The molecule has 3 nitrogen and oxygen atoms in total. The smallest absolute Gasteiger partial charge is 0.103 e. The van der Waals surface area contributed by atoms with Gasteiger partial charge in [-0.1, -0.05) is 26.8 Å². The highest BCUT2D eigenvalue weighted by Crippen LogP contribution is 2.30. The van der Waals surface area contributed by atoms with Gasteiger partial charge in [-0.2, -0.15) is 5.26 Å². The fourth-order valence-corrected chi connectivity index (χ4v) is 3.64. The van der Waals surface area contributed by atoms with Crippen molar-refractivity contribution in [3.8, 4) is 6.07 Å². The van der Waals surface area contributed by atoms with Crippen LogP contribution in [0.1, 0.15) is 26.3 Å². The molecule has 2 rings (SSSR count). The van der Waals surface area contributed by atoms with Gasteiger partial charge in [0.15, 0.2) is 0 Å². The molecule has 1 aromatic rings. The summed E-state index contributed by atoms with van der Waals surface area (Å²) in [6, 6.07) is 8.65. The number of nitrogens with zero attached hydrogens (tertiary/aromatic N) is 3. The van der Waals surface area contributed by atoms with Crippen LogP contribution in [0.15, 0.2) is 23.1 Å². The predicted octanol–water partition coefficient (Wildman–Crippen LogP) is 3.45. The zero-order valence-corrected chi connectivity index (χ0v) is 14.1. The summed E-state index contributed by atoms with van der Waals surface area (Å²) in [5, 5.41) is 9.53. The number of piperazine rings is 1. The average molecular weight is 303 g/mol. The maximum absolute atomic E-state index is 9.53. The molecule has 1 aromatic carbocycles. The fourth-order valence-electron chi connectivity index (χ4n) is 2.86. The number of anilines is 1. The maximum atomic E-state index is 9.53. The van der Waals surface area contributed by atoms with Gasteiger partial charge in [-0.05, 0) is 23.8 Å². The Balaban J connectivity index is 2.10. The molecule has 1 heterocycles. The van der Waals surface area contributed by atoms with E-state index in [-0.39, 0.29) is 0 Å². The van der Waals surface area contributed by atoms with Crippen molar-refractivity contribution in [1.82, 2.24) is 4.90 Å². The lowest BCUT2D eigenvalue weighted by Gasteiger charge is -2.37. The number of benzene rings is 1. The van der Waals surface area contributed by atoms with Gasteiger partial charge >= 0.3 is 0 Å². The largest absolute Gasteiger partial charge is 0.368 e. The van der Waals surface area contributed by atoms with Crippen LogP contribution >= 0.6 is 11.8 Å². The lowest BCUT2D eigenvalue weighted by Crippen LogP contribution is -2.47. The summed E-state index contributed by atoms with van der Waals surface area (Å²) in [6.45, 7) is 12.1. The Morgan fingerprint density at radius 2 is 1.95 bits per heavy atom. The number of hydrogen-bond donors (Lipinski definition) is 0. The van der Waals surface area contributed by atoms with Crippen molar-refractivity contribution in [3.63, 3.8) is 0 Å². The van der Waals surface area contributed by atoms with Gasteiger partial charge in [-0.3, -0.25) is 4.90 Å². The molecule has 0 saturated carbocycles. The van der Waals surface area contributed by atoms with Crippen LogP contribution in [0.2, 0.25) is 0 Å². The Bertz CT molecular complexity index is 499. The first kappa shape index (κ1) is 16.2. The molecule has 0 aliphatic carbocycles. The lowest BCUT2D eigenvalue weighted by molar-refractivity contribution is 0.231. The molecule has 0 atom stereocenters. The molecular formula is C17H25N3S. The third-order valence-corrected chi connectivity index (χ3v) is 4.69. The monoisotopic (exact) mass is 303 g/mol. The molecule has 1 fully saturated rings. The van der Waals surface area contributed by atoms with Crippen molar-refractivity contribution < 1.29 is 0 Å². The van der Waals surface area contributed by atoms with E-state index in [2.05, 4.69) is 54.8 Å². The molecule has 4 heteroatoms. The van der Waals surface area contributed by atoms with Crippen LogP contribution < -0.4 is 4.90 Å². The van der Waals surface area contributed by atoms with Crippen LogP contribution in [0.25, 0.3) is 0 Å². The van der Waals surface area contributed by atoms with Gasteiger partial charge in [-0.25, -0.2) is 0 Å². The second kappa shape index (κ2) is 7.72. The molecule has 1 aliphatic heterocycles. The van der Waals surface area contributed by atoms with Crippen LogP contribution in [-0.4, -0.2) is 43.4 Å². The zero-order chi connectivity index (χ0) is 15.2. The second-order valence-corrected chi connectivity index (χ2v) is 7.18. The minimum absolute atomic E-state index is 0.718. The zero-order valence-electron chi connectivity index (χ0n) is 13.3. The molecule has 1 aliphatic rings. The van der Waals surface area contributed by atoms with Crippen LogP contribution in [-0.2, 0) is 0 Å². The number of hydrogen-bond acceptors (Lipinski definition) is 4. The van der Waals surface area contributed by atoms with E-state index in [9.17, 15) is 5.26 Å². The van der Waals surface area contributed by atoms with Gasteiger partial charge in [0, 0.05) is 37.6 Å². The molecule has 1 saturated heterocycles. The number of thioether (sulfide) groups is 1. The Morgan fingerprint density at radius 3 is 2.52 bits per heavy atom. The van der Waals surface area contributed by atoms with E-state index in [4.69, 9.17) is 0 Å². The molecule has 0 spiro atoms. The van der Waals surface area contributed by atoms with Crippen molar-refractivity contribution >= 4 is 17.4 Å². The summed E-state index contributed by atoms with van der Waals surface area (Å²) in [5.41, 5.74) is 1.96. The first-order valence-corrected chi connectivity index (χ1v) is 8.77. The summed E-state index contributed by atoms with van der Waals surface area (Å²) in [4.78, 5) is 6.01. The van der Waals surface area contributed by atoms with E-state index in [0.717, 1.165) is 54.0 Å². The third kappa shape index (κ3) is 4.15. The van der Waals surface area contributed by atoms with Crippen molar-refractivity contribution in [2.45, 2.75) is 25.7 Å². The SMILES string of the molecule is CCSc1cccc(N2CCN(CC(C)C)CC2)c1C#N. The summed E-state index contributed by atoms with van der Waals surface area (Å²) < 4.78 is 0.